The fourth-order valence-corrected chi connectivity index (χ4v) is 3.42. The highest BCUT2D eigenvalue weighted by atomic mass is 32.1. The van der Waals surface area contributed by atoms with Crippen LogP contribution in [0.15, 0.2) is 54.2 Å². The second kappa shape index (κ2) is 9.94. The number of carboxylic acids is 1. The van der Waals surface area contributed by atoms with E-state index in [9.17, 15) is 14.4 Å². The second-order valence-electron chi connectivity index (χ2n) is 7.06. The third-order valence-corrected chi connectivity index (χ3v) is 5.40. The lowest BCUT2D eigenvalue weighted by molar-refractivity contribution is -0.141. The van der Waals surface area contributed by atoms with Gasteiger partial charge in [-0.1, -0.05) is 30.3 Å². The maximum Gasteiger partial charge on any atom is 0.325 e. The van der Waals surface area contributed by atoms with Gasteiger partial charge in [0.1, 0.15) is 12.1 Å². The second-order valence-corrected chi connectivity index (χ2v) is 8.00. The number of rotatable bonds is 8. The molecular formula is C22H22N4O4S. The summed E-state index contributed by atoms with van der Waals surface area (Å²) in [6.07, 6.45) is 3.67. The lowest BCUT2D eigenvalue weighted by atomic mass is 10.0. The zero-order chi connectivity index (χ0) is 22.4. The highest BCUT2D eigenvalue weighted by Crippen LogP contribution is 2.17. The Bertz CT molecular complexity index is 1050. The van der Waals surface area contributed by atoms with Crippen LogP contribution in [0.1, 0.15) is 27.7 Å². The van der Waals surface area contributed by atoms with E-state index in [1.165, 1.54) is 18.3 Å². The van der Waals surface area contributed by atoms with Crippen LogP contribution < -0.4 is 10.6 Å². The van der Waals surface area contributed by atoms with Crippen molar-refractivity contribution in [3.05, 3.63) is 70.2 Å². The number of aliphatic carboxylic acids is 1. The first-order valence-electron chi connectivity index (χ1n) is 9.59. The Morgan fingerprint density at radius 1 is 1.06 bits per heavy atom. The molecule has 3 N–H and O–H groups in total. The molecule has 3 rings (SSSR count). The average Bonchev–Trinajstić information content (AvgIpc) is 3.29. The van der Waals surface area contributed by atoms with Gasteiger partial charge in [0.05, 0.1) is 4.88 Å². The maximum atomic E-state index is 12.7. The molecule has 0 aliphatic carbocycles. The standard InChI is InChI=1S/C22H22N4O4S/c1-13-11-23-19(24-12-13)16-7-5-15(6-8-16)10-17(20(27)25-14(2)22(29)30)26-21(28)18-4-3-9-31-18/h3-9,11-12,14,17H,10H2,1-2H3,(H,25,27)(H,26,28)(H,29,30). The molecule has 160 valence electrons. The van der Waals surface area contributed by atoms with Gasteiger partial charge in [0.2, 0.25) is 5.91 Å². The minimum atomic E-state index is -1.15. The Hall–Kier alpha value is -3.59. The third-order valence-electron chi connectivity index (χ3n) is 4.53. The van der Waals surface area contributed by atoms with Crippen LogP contribution in [0.2, 0.25) is 0 Å². The van der Waals surface area contributed by atoms with E-state index in [1.54, 1.807) is 29.9 Å². The SMILES string of the molecule is Cc1cnc(-c2ccc(CC(NC(=O)c3cccs3)C(=O)NC(C)C(=O)O)cc2)nc1. The lowest BCUT2D eigenvalue weighted by Gasteiger charge is -2.20. The quantitative estimate of drug-likeness (QED) is 0.497. The summed E-state index contributed by atoms with van der Waals surface area (Å²) < 4.78 is 0. The molecule has 0 aliphatic heterocycles. The highest BCUT2D eigenvalue weighted by Gasteiger charge is 2.25. The number of carbonyl (C=O) groups excluding carboxylic acids is 2. The molecule has 2 unspecified atom stereocenters. The van der Waals surface area contributed by atoms with E-state index in [0.29, 0.717) is 10.7 Å². The van der Waals surface area contributed by atoms with Crippen LogP contribution in [0.3, 0.4) is 0 Å². The maximum absolute atomic E-state index is 12.7. The molecule has 2 aromatic heterocycles. The molecule has 8 nitrogen and oxygen atoms in total. The van der Waals surface area contributed by atoms with Crippen LogP contribution >= 0.6 is 11.3 Å². The fourth-order valence-electron chi connectivity index (χ4n) is 2.79. The van der Waals surface area contributed by atoms with Crippen molar-refractivity contribution in [1.82, 2.24) is 20.6 Å². The number of nitrogens with zero attached hydrogens (tertiary/aromatic N) is 2. The minimum absolute atomic E-state index is 0.199. The van der Waals surface area contributed by atoms with Gasteiger partial charge in [-0.05, 0) is 36.4 Å². The molecule has 9 heteroatoms. The number of carbonyl (C=O) groups is 3. The first-order chi connectivity index (χ1) is 14.8. The van der Waals surface area contributed by atoms with Crippen molar-refractivity contribution in [2.45, 2.75) is 32.4 Å². The van der Waals surface area contributed by atoms with Crippen LogP contribution in [0.25, 0.3) is 11.4 Å². The molecule has 0 saturated carbocycles. The van der Waals surface area contributed by atoms with E-state index in [-0.39, 0.29) is 12.3 Å². The molecule has 0 radical (unpaired) electrons. The molecule has 2 amide bonds. The van der Waals surface area contributed by atoms with E-state index in [1.807, 2.05) is 31.2 Å². The molecule has 0 aliphatic rings. The van der Waals surface area contributed by atoms with Crippen LogP contribution in [-0.4, -0.2) is 44.9 Å². The molecule has 0 spiro atoms. The predicted octanol–water partition coefficient (Wildman–Crippen LogP) is 2.44. The molecule has 0 bridgehead atoms. The molecule has 1 aromatic carbocycles. The van der Waals surface area contributed by atoms with E-state index in [4.69, 9.17) is 5.11 Å². The molecule has 0 saturated heterocycles. The normalized spacial score (nSPS) is 12.6. The number of hydrogen-bond donors (Lipinski definition) is 3. The van der Waals surface area contributed by atoms with Gasteiger partial charge in [-0.2, -0.15) is 0 Å². The number of aryl methyl sites for hydroxylation is 1. The summed E-state index contributed by atoms with van der Waals surface area (Å²) in [5.41, 5.74) is 2.59. The first kappa shape index (κ1) is 22.1. The molecule has 2 heterocycles. The van der Waals surface area contributed by atoms with Gasteiger partial charge < -0.3 is 15.7 Å². The lowest BCUT2D eigenvalue weighted by Crippen LogP contribution is -2.51. The average molecular weight is 439 g/mol. The van der Waals surface area contributed by atoms with E-state index in [0.717, 1.165) is 16.7 Å². The van der Waals surface area contributed by atoms with Crippen LogP contribution in [0.5, 0.6) is 0 Å². The van der Waals surface area contributed by atoms with Crippen molar-refractivity contribution in [3.63, 3.8) is 0 Å². The monoisotopic (exact) mass is 438 g/mol. The highest BCUT2D eigenvalue weighted by molar-refractivity contribution is 7.12. The Morgan fingerprint density at radius 3 is 2.32 bits per heavy atom. The number of amides is 2. The number of benzene rings is 1. The van der Waals surface area contributed by atoms with Crippen molar-refractivity contribution in [2.75, 3.05) is 0 Å². The minimum Gasteiger partial charge on any atom is -0.480 e. The third kappa shape index (κ3) is 5.95. The van der Waals surface area contributed by atoms with Crippen molar-refractivity contribution in [1.29, 1.82) is 0 Å². The van der Waals surface area contributed by atoms with Gasteiger partial charge in [-0.25, -0.2) is 9.97 Å². The summed E-state index contributed by atoms with van der Waals surface area (Å²) in [7, 11) is 0. The Balaban J connectivity index is 1.76. The van der Waals surface area contributed by atoms with E-state index >= 15 is 0 Å². The summed E-state index contributed by atoms with van der Waals surface area (Å²) in [5, 5.41) is 16.0. The summed E-state index contributed by atoms with van der Waals surface area (Å²) >= 11 is 1.26. The van der Waals surface area contributed by atoms with Crippen LogP contribution in [0.4, 0.5) is 0 Å². The topological polar surface area (TPSA) is 121 Å². The Labute approximate surface area is 183 Å². The smallest absolute Gasteiger partial charge is 0.325 e. The van der Waals surface area contributed by atoms with Gasteiger partial charge in [0.15, 0.2) is 5.82 Å². The van der Waals surface area contributed by atoms with Crippen molar-refractivity contribution in [3.8, 4) is 11.4 Å². The van der Waals surface area contributed by atoms with Gasteiger partial charge in [0, 0.05) is 24.4 Å². The number of aromatic nitrogens is 2. The van der Waals surface area contributed by atoms with E-state index in [2.05, 4.69) is 20.6 Å². The van der Waals surface area contributed by atoms with Crippen molar-refractivity contribution < 1.29 is 19.5 Å². The van der Waals surface area contributed by atoms with Gasteiger partial charge in [-0.3, -0.25) is 14.4 Å². The zero-order valence-corrected chi connectivity index (χ0v) is 17.8. The largest absolute Gasteiger partial charge is 0.480 e. The van der Waals surface area contributed by atoms with Crippen LogP contribution in [0, 0.1) is 6.92 Å². The molecule has 2 atom stereocenters. The number of hydrogen-bond acceptors (Lipinski definition) is 6. The number of thiophene rings is 1. The molecule has 31 heavy (non-hydrogen) atoms. The molecular weight excluding hydrogens is 416 g/mol. The summed E-state index contributed by atoms with van der Waals surface area (Å²) in [4.78, 5) is 45.3. The van der Waals surface area contributed by atoms with Gasteiger partial charge >= 0.3 is 5.97 Å². The van der Waals surface area contributed by atoms with Crippen molar-refractivity contribution in [2.24, 2.45) is 0 Å². The summed E-state index contributed by atoms with van der Waals surface area (Å²) in [6, 6.07) is 8.74. The zero-order valence-electron chi connectivity index (χ0n) is 17.0. The first-order valence-corrected chi connectivity index (χ1v) is 10.5. The molecule has 3 aromatic rings. The summed E-state index contributed by atoms with van der Waals surface area (Å²) in [5.74, 6) is -1.51. The number of nitrogens with one attached hydrogen (secondary N) is 2. The predicted molar refractivity (Wildman–Crippen MR) is 117 cm³/mol. The van der Waals surface area contributed by atoms with Gasteiger partial charge in [-0.15, -0.1) is 11.3 Å². The Morgan fingerprint density at radius 2 is 1.74 bits per heavy atom. The fraction of sp³-hybridized carbons (Fsp3) is 0.227. The van der Waals surface area contributed by atoms with Crippen molar-refractivity contribution >= 4 is 29.1 Å². The van der Waals surface area contributed by atoms with Gasteiger partial charge in [0.25, 0.3) is 5.91 Å². The van der Waals surface area contributed by atoms with Crippen LogP contribution in [-0.2, 0) is 16.0 Å². The Kier molecular flexibility index (Phi) is 7.09. The summed E-state index contributed by atoms with van der Waals surface area (Å²) in [6.45, 7) is 3.28. The molecule has 0 fully saturated rings. The van der Waals surface area contributed by atoms with E-state index < -0.39 is 24.0 Å². The number of carboxylic acid groups (broad SMARTS) is 1.